The highest BCUT2D eigenvalue weighted by Crippen LogP contribution is 2.19. The van der Waals surface area contributed by atoms with Crippen molar-refractivity contribution in [3.8, 4) is 0 Å². The van der Waals surface area contributed by atoms with Gasteiger partial charge in [-0.25, -0.2) is 0 Å². The number of nitrogens with one attached hydrogen (secondary N) is 1. The second-order valence-corrected chi connectivity index (χ2v) is 6.41. The standard InChI is InChI=1S/C20H22N2O2/c1-15-6-5-9-18(10-15)20(24)21-12-17-11-19(23)22(14-17)13-16-7-3-2-4-8-16/h2-10,17H,11-14H2,1H3,(H,21,24). The Kier molecular flexibility index (Phi) is 4.94. The van der Waals surface area contributed by atoms with E-state index in [1.165, 1.54) is 0 Å². The summed E-state index contributed by atoms with van der Waals surface area (Å²) in [7, 11) is 0. The molecule has 4 nitrogen and oxygen atoms in total. The molecule has 1 unspecified atom stereocenters. The summed E-state index contributed by atoms with van der Waals surface area (Å²) in [5, 5.41) is 2.96. The van der Waals surface area contributed by atoms with Crippen LogP contribution in [0.3, 0.4) is 0 Å². The third-order valence-electron chi connectivity index (χ3n) is 4.34. The van der Waals surface area contributed by atoms with E-state index in [4.69, 9.17) is 0 Å². The topological polar surface area (TPSA) is 49.4 Å². The number of nitrogens with zero attached hydrogens (tertiary/aromatic N) is 1. The third-order valence-corrected chi connectivity index (χ3v) is 4.34. The summed E-state index contributed by atoms with van der Waals surface area (Å²) in [6, 6.07) is 17.5. The van der Waals surface area contributed by atoms with E-state index < -0.39 is 0 Å². The molecule has 2 amide bonds. The Bertz CT molecular complexity index is 727. The van der Waals surface area contributed by atoms with E-state index in [9.17, 15) is 9.59 Å². The number of carbonyl (C=O) groups is 2. The van der Waals surface area contributed by atoms with Crippen LogP contribution in [-0.4, -0.2) is 29.8 Å². The molecule has 1 atom stereocenters. The monoisotopic (exact) mass is 322 g/mol. The lowest BCUT2D eigenvalue weighted by molar-refractivity contribution is -0.128. The molecule has 0 radical (unpaired) electrons. The SMILES string of the molecule is Cc1cccc(C(=O)NCC2CC(=O)N(Cc3ccccc3)C2)c1. The van der Waals surface area contributed by atoms with Crippen LogP contribution in [0, 0.1) is 12.8 Å². The van der Waals surface area contributed by atoms with Gasteiger partial charge < -0.3 is 10.2 Å². The van der Waals surface area contributed by atoms with Gasteiger partial charge in [-0.1, -0.05) is 48.0 Å². The highest BCUT2D eigenvalue weighted by molar-refractivity contribution is 5.94. The van der Waals surface area contributed by atoms with Crippen molar-refractivity contribution in [1.29, 1.82) is 0 Å². The van der Waals surface area contributed by atoms with E-state index in [1.54, 1.807) is 0 Å². The summed E-state index contributed by atoms with van der Waals surface area (Å²) in [5.74, 6) is 0.260. The predicted molar refractivity (Wildman–Crippen MR) is 93.5 cm³/mol. The maximum absolute atomic E-state index is 12.2. The van der Waals surface area contributed by atoms with Gasteiger partial charge in [0, 0.05) is 37.5 Å². The fraction of sp³-hybridized carbons (Fsp3) is 0.300. The molecule has 0 aromatic heterocycles. The van der Waals surface area contributed by atoms with Gasteiger partial charge in [-0.2, -0.15) is 0 Å². The Balaban J connectivity index is 1.52. The summed E-state index contributed by atoms with van der Waals surface area (Å²) < 4.78 is 0. The number of amides is 2. The second-order valence-electron chi connectivity index (χ2n) is 6.41. The first-order valence-corrected chi connectivity index (χ1v) is 8.28. The summed E-state index contributed by atoms with van der Waals surface area (Å²) in [4.78, 5) is 26.2. The summed E-state index contributed by atoms with van der Waals surface area (Å²) in [6.45, 7) is 3.83. The Morgan fingerprint density at radius 2 is 1.96 bits per heavy atom. The number of hydrogen-bond acceptors (Lipinski definition) is 2. The van der Waals surface area contributed by atoms with Crippen LogP contribution < -0.4 is 5.32 Å². The lowest BCUT2D eigenvalue weighted by atomic mass is 10.1. The van der Waals surface area contributed by atoms with E-state index in [-0.39, 0.29) is 17.7 Å². The summed E-state index contributed by atoms with van der Waals surface area (Å²) in [5.41, 5.74) is 2.86. The van der Waals surface area contributed by atoms with E-state index >= 15 is 0 Å². The van der Waals surface area contributed by atoms with Crippen molar-refractivity contribution in [1.82, 2.24) is 10.2 Å². The third kappa shape index (κ3) is 4.02. The van der Waals surface area contributed by atoms with E-state index in [2.05, 4.69) is 5.32 Å². The Hall–Kier alpha value is -2.62. The van der Waals surface area contributed by atoms with Crippen LogP contribution in [-0.2, 0) is 11.3 Å². The van der Waals surface area contributed by atoms with E-state index in [1.807, 2.05) is 66.4 Å². The van der Waals surface area contributed by atoms with Gasteiger partial charge >= 0.3 is 0 Å². The zero-order valence-corrected chi connectivity index (χ0v) is 13.9. The molecule has 124 valence electrons. The van der Waals surface area contributed by atoms with Crippen molar-refractivity contribution in [2.75, 3.05) is 13.1 Å². The molecule has 0 bridgehead atoms. The van der Waals surface area contributed by atoms with Gasteiger partial charge in [-0.05, 0) is 24.6 Å². The molecule has 24 heavy (non-hydrogen) atoms. The first-order valence-electron chi connectivity index (χ1n) is 8.28. The molecule has 0 saturated carbocycles. The van der Waals surface area contributed by atoms with Gasteiger partial charge in [0.05, 0.1) is 0 Å². The van der Waals surface area contributed by atoms with Crippen LogP contribution >= 0.6 is 0 Å². The van der Waals surface area contributed by atoms with Gasteiger partial charge in [0.15, 0.2) is 0 Å². The molecule has 1 aliphatic heterocycles. The van der Waals surface area contributed by atoms with Crippen molar-refractivity contribution in [3.63, 3.8) is 0 Å². The number of carbonyl (C=O) groups excluding carboxylic acids is 2. The molecule has 1 aliphatic rings. The number of rotatable bonds is 5. The Labute approximate surface area is 142 Å². The number of likely N-dealkylation sites (tertiary alicyclic amines) is 1. The molecule has 1 heterocycles. The second kappa shape index (κ2) is 7.30. The lowest BCUT2D eigenvalue weighted by Crippen LogP contribution is -2.31. The maximum atomic E-state index is 12.2. The zero-order chi connectivity index (χ0) is 16.9. The smallest absolute Gasteiger partial charge is 0.251 e. The number of benzene rings is 2. The van der Waals surface area contributed by atoms with Crippen LogP contribution in [0.15, 0.2) is 54.6 Å². The van der Waals surface area contributed by atoms with Gasteiger partial charge in [0.1, 0.15) is 0 Å². The molecule has 2 aromatic rings. The quantitative estimate of drug-likeness (QED) is 0.920. The van der Waals surface area contributed by atoms with Crippen molar-refractivity contribution >= 4 is 11.8 Å². The number of hydrogen-bond donors (Lipinski definition) is 1. The molecule has 1 saturated heterocycles. The van der Waals surface area contributed by atoms with Gasteiger partial charge in [-0.15, -0.1) is 0 Å². The molecule has 1 fully saturated rings. The Morgan fingerprint density at radius 1 is 1.17 bits per heavy atom. The summed E-state index contributed by atoms with van der Waals surface area (Å²) in [6.07, 6.45) is 0.501. The molecule has 3 rings (SSSR count). The van der Waals surface area contributed by atoms with Crippen LogP contribution in [0.5, 0.6) is 0 Å². The fourth-order valence-corrected chi connectivity index (χ4v) is 3.07. The van der Waals surface area contributed by atoms with Gasteiger partial charge in [0.2, 0.25) is 5.91 Å². The van der Waals surface area contributed by atoms with E-state index in [0.717, 1.165) is 11.1 Å². The molecule has 4 heteroatoms. The Morgan fingerprint density at radius 3 is 2.71 bits per heavy atom. The highest BCUT2D eigenvalue weighted by atomic mass is 16.2. The molecule has 1 N–H and O–H groups in total. The van der Waals surface area contributed by atoms with Crippen molar-refractivity contribution < 1.29 is 9.59 Å². The zero-order valence-electron chi connectivity index (χ0n) is 13.9. The van der Waals surface area contributed by atoms with Crippen molar-refractivity contribution in [2.45, 2.75) is 19.9 Å². The molecule has 2 aromatic carbocycles. The fourth-order valence-electron chi connectivity index (χ4n) is 3.07. The van der Waals surface area contributed by atoms with Crippen LogP contribution in [0.1, 0.15) is 27.9 Å². The first-order chi connectivity index (χ1) is 11.6. The van der Waals surface area contributed by atoms with Crippen LogP contribution in [0.4, 0.5) is 0 Å². The van der Waals surface area contributed by atoms with E-state index in [0.29, 0.717) is 31.6 Å². The minimum absolute atomic E-state index is 0.0762. The lowest BCUT2D eigenvalue weighted by Gasteiger charge is -2.17. The van der Waals surface area contributed by atoms with Crippen molar-refractivity contribution in [2.24, 2.45) is 5.92 Å². The number of aryl methyl sites for hydroxylation is 1. The molecular weight excluding hydrogens is 300 g/mol. The normalized spacial score (nSPS) is 17.1. The average Bonchev–Trinajstić information content (AvgIpc) is 2.93. The molecular formula is C20H22N2O2. The van der Waals surface area contributed by atoms with Crippen LogP contribution in [0.25, 0.3) is 0 Å². The largest absolute Gasteiger partial charge is 0.352 e. The van der Waals surface area contributed by atoms with Gasteiger partial charge in [0.25, 0.3) is 5.91 Å². The molecule has 0 aliphatic carbocycles. The van der Waals surface area contributed by atoms with Crippen molar-refractivity contribution in [3.05, 3.63) is 71.3 Å². The first kappa shape index (κ1) is 16.2. The minimum atomic E-state index is -0.0762. The maximum Gasteiger partial charge on any atom is 0.251 e. The highest BCUT2D eigenvalue weighted by Gasteiger charge is 2.29. The van der Waals surface area contributed by atoms with Gasteiger partial charge in [-0.3, -0.25) is 9.59 Å². The predicted octanol–water partition coefficient (Wildman–Crippen LogP) is 2.77. The van der Waals surface area contributed by atoms with Crippen LogP contribution in [0.2, 0.25) is 0 Å². The average molecular weight is 322 g/mol. The molecule has 0 spiro atoms. The minimum Gasteiger partial charge on any atom is -0.352 e. The summed E-state index contributed by atoms with van der Waals surface area (Å²) >= 11 is 0.